The molecule has 1 saturated carbocycles. The molecule has 0 radical (unpaired) electrons. The van der Waals surface area contributed by atoms with Crippen molar-refractivity contribution in [3.63, 3.8) is 0 Å². The molecule has 2 N–H and O–H groups in total. The van der Waals surface area contributed by atoms with Gasteiger partial charge in [0.1, 0.15) is 0 Å². The predicted octanol–water partition coefficient (Wildman–Crippen LogP) is 0.984. The SMILES string of the molecule is CC1(C(=O)O)C=CC2CC2C1C(=O)O. The zero-order chi connectivity index (χ0) is 10.5. The van der Waals surface area contributed by atoms with Gasteiger partial charge in [-0.3, -0.25) is 9.59 Å². The molecule has 0 aromatic rings. The van der Waals surface area contributed by atoms with Gasteiger partial charge in [0.25, 0.3) is 0 Å². The van der Waals surface area contributed by atoms with Crippen LogP contribution in [0.1, 0.15) is 13.3 Å². The molecule has 0 bridgehead atoms. The molecular weight excluding hydrogens is 184 g/mol. The molecule has 4 unspecified atom stereocenters. The van der Waals surface area contributed by atoms with Crippen LogP contribution in [0.5, 0.6) is 0 Å². The first-order chi connectivity index (χ1) is 6.47. The highest BCUT2D eigenvalue weighted by Gasteiger charge is 2.58. The van der Waals surface area contributed by atoms with E-state index in [0.717, 1.165) is 6.42 Å². The van der Waals surface area contributed by atoms with Crippen molar-refractivity contribution in [3.05, 3.63) is 12.2 Å². The molecule has 0 amide bonds. The normalized spacial score (nSPS) is 44.2. The van der Waals surface area contributed by atoms with E-state index in [-0.39, 0.29) is 5.92 Å². The van der Waals surface area contributed by atoms with Crippen LogP contribution in [0.3, 0.4) is 0 Å². The minimum absolute atomic E-state index is 0.0265. The fourth-order valence-corrected chi connectivity index (χ4v) is 2.36. The average Bonchev–Trinajstić information content (AvgIpc) is 2.81. The van der Waals surface area contributed by atoms with Crippen molar-refractivity contribution in [3.8, 4) is 0 Å². The lowest BCUT2D eigenvalue weighted by atomic mass is 9.71. The number of carbonyl (C=O) groups is 2. The first-order valence-electron chi connectivity index (χ1n) is 4.62. The van der Waals surface area contributed by atoms with E-state index < -0.39 is 23.3 Å². The smallest absolute Gasteiger partial charge is 0.314 e. The molecule has 14 heavy (non-hydrogen) atoms. The molecule has 2 aliphatic carbocycles. The quantitative estimate of drug-likeness (QED) is 0.646. The third-order valence-corrected chi connectivity index (χ3v) is 3.38. The van der Waals surface area contributed by atoms with Crippen LogP contribution in [0.2, 0.25) is 0 Å². The summed E-state index contributed by atoms with van der Waals surface area (Å²) in [6.45, 7) is 1.49. The van der Waals surface area contributed by atoms with Crippen LogP contribution in [-0.4, -0.2) is 22.2 Å². The zero-order valence-corrected chi connectivity index (χ0v) is 7.80. The lowest BCUT2D eigenvalue weighted by molar-refractivity contribution is -0.159. The first-order valence-corrected chi connectivity index (χ1v) is 4.62. The molecule has 4 nitrogen and oxygen atoms in total. The summed E-state index contributed by atoms with van der Waals surface area (Å²) in [7, 11) is 0. The molecular formula is C10H12O4. The largest absolute Gasteiger partial charge is 0.481 e. The maximum Gasteiger partial charge on any atom is 0.314 e. The minimum Gasteiger partial charge on any atom is -0.481 e. The Labute approximate surface area is 81.2 Å². The second-order valence-corrected chi connectivity index (χ2v) is 4.33. The Morgan fingerprint density at radius 3 is 2.57 bits per heavy atom. The van der Waals surface area contributed by atoms with Gasteiger partial charge in [0.15, 0.2) is 0 Å². The van der Waals surface area contributed by atoms with Crippen LogP contribution in [0.15, 0.2) is 12.2 Å². The summed E-state index contributed by atoms with van der Waals surface area (Å²) in [5, 5.41) is 18.1. The van der Waals surface area contributed by atoms with Crippen molar-refractivity contribution in [2.75, 3.05) is 0 Å². The maximum absolute atomic E-state index is 11.0. The Hall–Kier alpha value is -1.32. The van der Waals surface area contributed by atoms with Gasteiger partial charge in [0, 0.05) is 0 Å². The number of hydrogen-bond acceptors (Lipinski definition) is 2. The van der Waals surface area contributed by atoms with E-state index in [4.69, 9.17) is 10.2 Å². The first kappa shape index (κ1) is 9.24. The summed E-state index contributed by atoms with van der Waals surface area (Å²) in [6, 6.07) is 0. The second kappa shape index (κ2) is 2.59. The third-order valence-electron chi connectivity index (χ3n) is 3.38. The molecule has 2 aliphatic rings. The van der Waals surface area contributed by atoms with E-state index in [1.54, 1.807) is 6.08 Å². The van der Waals surface area contributed by atoms with E-state index in [1.165, 1.54) is 6.92 Å². The Morgan fingerprint density at radius 2 is 2.07 bits per heavy atom. The molecule has 4 atom stereocenters. The van der Waals surface area contributed by atoms with E-state index >= 15 is 0 Å². The fraction of sp³-hybridized carbons (Fsp3) is 0.600. The van der Waals surface area contributed by atoms with Gasteiger partial charge in [-0.05, 0) is 25.2 Å². The number of rotatable bonds is 2. The third kappa shape index (κ3) is 1.06. The monoisotopic (exact) mass is 196 g/mol. The molecule has 4 heteroatoms. The van der Waals surface area contributed by atoms with Crippen LogP contribution in [0.25, 0.3) is 0 Å². The van der Waals surface area contributed by atoms with Gasteiger partial charge < -0.3 is 10.2 Å². The lowest BCUT2D eigenvalue weighted by Crippen LogP contribution is -2.41. The fourth-order valence-electron chi connectivity index (χ4n) is 2.36. The summed E-state index contributed by atoms with van der Waals surface area (Å²) in [4.78, 5) is 22.1. The van der Waals surface area contributed by atoms with Gasteiger partial charge in [-0.15, -0.1) is 0 Å². The maximum atomic E-state index is 11.0. The predicted molar refractivity (Wildman–Crippen MR) is 47.6 cm³/mol. The van der Waals surface area contributed by atoms with Crippen molar-refractivity contribution in [1.82, 2.24) is 0 Å². The number of carboxylic acid groups (broad SMARTS) is 2. The molecule has 0 heterocycles. The molecule has 0 saturated heterocycles. The number of hydrogen-bond donors (Lipinski definition) is 2. The highest BCUT2D eigenvalue weighted by Crippen LogP contribution is 2.55. The van der Waals surface area contributed by atoms with E-state index in [2.05, 4.69) is 0 Å². The van der Waals surface area contributed by atoms with Gasteiger partial charge >= 0.3 is 11.9 Å². The van der Waals surface area contributed by atoms with Crippen LogP contribution in [0, 0.1) is 23.2 Å². The topological polar surface area (TPSA) is 74.6 Å². The molecule has 1 fully saturated rings. The van der Waals surface area contributed by atoms with E-state index in [0.29, 0.717) is 5.92 Å². The van der Waals surface area contributed by atoms with E-state index in [9.17, 15) is 9.59 Å². The highest BCUT2D eigenvalue weighted by molar-refractivity contribution is 5.86. The Balaban J connectivity index is 2.39. The number of carboxylic acids is 2. The standard InChI is InChI=1S/C10H12O4/c1-10(9(13)14)3-2-5-4-6(5)7(10)8(11)12/h2-3,5-7H,4H2,1H3,(H,11,12)(H,13,14). The lowest BCUT2D eigenvalue weighted by Gasteiger charge is -2.30. The van der Waals surface area contributed by atoms with Crippen molar-refractivity contribution in [1.29, 1.82) is 0 Å². The van der Waals surface area contributed by atoms with Crippen LogP contribution in [0.4, 0.5) is 0 Å². The molecule has 0 spiro atoms. The van der Waals surface area contributed by atoms with Crippen LogP contribution >= 0.6 is 0 Å². The van der Waals surface area contributed by atoms with Gasteiger partial charge in [-0.25, -0.2) is 0 Å². The Bertz CT molecular complexity index is 333. The number of aliphatic carboxylic acids is 2. The summed E-state index contributed by atoms with van der Waals surface area (Å²) >= 11 is 0. The van der Waals surface area contributed by atoms with Gasteiger partial charge in [-0.1, -0.05) is 12.2 Å². The summed E-state index contributed by atoms with van der Waals surface area (Å²) in [5.41, 5.74) is -1.23. The van der Waals surface area contributed by atoms with Gasteiger partial charge in [-0.2, -0.15) is 0 Å². The summed E-state index contributed by atoms with van der Waals surface area (Å²) in [5.74, 6) is -2.49. The van der Waals surface area contributed by atoms with Crippen molar-refractivity contribution < 1.29 is 19.8 Å². The number of fused-ring (bicyclic) bond motifs is 1. The van der Waals surface area contributed by atoms with Crippen LogP contribution < -0.4 is 0 Å². The Kier molecular flexibility index (Phi) is 1.71. The highest BCUT2D eigenvalue weighted by atomic mass is 16.4. The molecule has 2 rings (SSSR count). The van der Waals surface area contributed by atoms with Crippen molar-refractivity contribution in [2.45, 2.75) is 13.3 Å². The van der Waals surface area contributed by atoms with Crippen molar-refractivity contribution in [2.24, 2.45) is 23.2 Å². The van der Waals surface area contributed by atoms with Gasteiger partial charge in [0.05, 0.1) is 11.3 Å². The molecule has 0 aromatic heterocycles. The average molecular weight is 196 g/mol. The zero-order valence-electron chi connectivity index (χ0n) is 7.80. The molecule has 0 aliphatic heterocycles. The Morgan fingerprint density at radius 1 is 1.43 bits per heavy atom. The summed E-state index contributed by atoms with van der Waals surface area (Å²) < 4.78 is 0. The number of allylic oxidation sites excluding steroid dienone is 1. The van der Waals surface area contributed by atoms with E-state index in [1.807, 2.05) is 6.08 Å². The molecule has 76 valence electrons. The minimum atomic E-state index is -1.23. The summed E-state index contributed by atoms with van der Waals surface area (Å²) in [6.07, 6.45) is 4.21. The molecule has 0 aromatic carbocycles. The van der Waals surface area contributed by atoms with Crippen LogP contribution in [-0.2, 0) is 9.59 Å². The second-order valence-electron chi connectivity index (χ2n) is 4.33. The van der Waals surface area contributed by atoms with Crippen molar-refractivity contribution >= 4 is 11.9 Å². The van der Waals surface area contributed by atoms with Gasteiger partial charge in [0.2, 0.25) is 0 Å².